The van der Waals surface area contributed by atoms with Crippen molar-refractivity contribution >= 4 is 0 Å². The first-order valence-corrected chi connectivity index (χ1v) is 5.62. The molecule has 1 nitrogen and oxygen atoms in total. The third-order valence-electron chi connectivity index (χ3n) is 4.18. The Kier molecular flexibility index (Phi) is 2.42. The molecule has 2 unspecified atom stereocenters. The molecule has 0 bridgehead atoms. The molecule has 0 heterocycles. The topological polar surface area (TPSA) is 9.23 Å². The SMILES string of the molecule is COC1=CCC2(C)C(=C1)CCCC2C. The van der Waals surface area contributed by atoms with E-state index in [1.165, 1.54) is 19.3 Å². The summed E-state index contributed by atoms with van der Waals surface area (Å²) in [5.41, 5.74) is 2.02. The number of ether oxygens (including phenoxy) is 1. The zero-order valence-corrected chi connectivity index (χ0v) is 9.47. The van der Waals surface area contributed by atoms with Crippen molar-refractivity contribution in [1.82, 2.24) is 0 Å². The Morgan fingerprint density at radius 1 is 1.50 bits per heavy atom. The van der Waals surface area contributed by atoms with Gasteiger partial charge in [0.2, 0.25) is 0 Å². The quantitative estimate of drug-likeness (QED) is 0.616. The second-order valence-corrected chi connectivity index (χ2v) is 4.90. The van der Waals surface area contributed by atoms with Crippen LogP contribution in [0.1, 0.15) is 39.5 Å². The molecule has 1 saturated carbocycles. The van der Waals surface area contributed by atoms with E-state index in [1.807, 2.05) is 0 Å². The van der Waals surface area contributed by atoms with Gasteiger partial charge in [-0.05, 0) is 49.2 Å². The van der Waals surface area contributed by atoms with Gasteiger partial charge >= 0.3 is 0 Å². The monoisotopic (exact) mass is 192 g/mol. The first-order chi connectivity index (χ1) is 6.66. The maximum absolute atomic E-state index is 5.31. The van der Waals surface area contributed by atoms with Crippen LogP contribution in [0, 0.1) is 11.3 Å². The molecule has 2 aliphatic carbocycles. The molecule has 0 aromatic heterocycles. The van der Waals surface area contributed by atoms with Gasteiger partial charge in [-0.15, -0.1) is 0 Å². The van der Waals surface area contributed by atoms with Crippen molar-refractivity contribution in [3.63, 3.8) is 0 Å². The van der Waals surface area contributed by atoms with Gasteiger partial charge in [-0.2, -0.15) is 0 Å². The van der Waals surface area contributed by atoms with Crippen LogP contribution in [-0.2, 0) is 4.74 Å². The summed E-state index contributed by atoms with van der Waals surface area (Å²) in [5, 5.41) is 0. The predicted octanol–water partition coefficient (Wildman–Crippen LogP) is 3.67. The van der Waals surface area contributed by atoms with Crippen LogP contribution >= 0.6 is 0 Å². The van der Waals surface area contributed by atoms with E-state index in [1.54, 1.807) is 12.7 Å². The Morgan fingerprint density at radius 2 is 2.29 bits per heavy atom. The van der Waals surface area contributed by atoms with E-state index < -0.39 is 0 Å². The molecule has 78 valence electrons. The summed E-state index contributed by atoms with van der Waals surface area (Å²) in [4.78, 5) is 0. The third-order valence-corrected chi connectivity index (χ3v) is 4.18. The second kappa shape index (κ2) is 3.45. The van der Waals surface area contributed by atoms with Crippen LogP contribution in [0.5, 0.6) is 0 Å². The van der Waals surface area contributed by atoms with Crippen LogP contribution in [0.15, 0.2) is 23.5 Å². The van der Waals surface area contributed by atoms with Crippen molar-refractivity contribution in [3.05, 3.63) is 23.5 Å². The smallest absolute Gasteiger partial charge is 0.114 e. The molecule has 0 spiro atoms. The second-order valence-electron chi connectivity index (χ2n) is 4.90. The van der Waals surface area contributed by atoms with Gasteiger partial charge in [0, 0.05) is 0 Å². The predicted molar refractivity (Wildman–Crippen MR) is 58.9 cm³/mol. The molecule has 14 heavy (non-hydrogen) atoms. The molecule has 0 amide bonds. The van der Waals surface area contributed by atoms with Gasteiger partial charge < -0.3 is 4.74 Å². The Labute approximate surface area is 86.8 Å². The Morgan fingerprint density at radius 3 is 3.00 bits per heavy atom. The molecule has 0 aromatic rings. The van der Waals surface area contributed by atoms with E-state index in [0.717, 1.165) is 18.1 Å². The van der Waals surface area contributed by atoms with Gasteiger partial charge in [-0.3, -0.25) is 0 Å². The van der Waals surface area contributed by atoms with Crippen LogP contribution < -0.4 is 0 Å². The molecule has 2 rings (SSSR count). The van der Waals surface area contributed by atoms with Crippen LogP contribution in [0.4, 0.5) is 0 Å². The van der Waals surface area contributed by atoms with Crippen molar-refractivity contribution < 1.29 is 4.74 Å². The number of fused-ring (bicyclic) bond motifs is 1. The molecule has 0 N–H and O–H groups in total. The molecule has 0 saturated heterocycles. The molecule has 0 aromatic carbocycles. The lowest BCUT2D eigenvalue weighted by Gasteiger charge is -2.43. The lowest BCUT2D eigenvalue weighted by atomic mass is 9.62. The minimum absolute atomic E-state index is 0.417. The van der Waals surface area contributed by atoms with Gasteiger partial charge in [-0.1, -0.05) is 19.4 Å². The Hall–Kier alpha value is -0.720. The van der Waals surface area contributed by atoms with Crippen LogP contribution in [-0.4, -0.2) is 7.11 Å². The first-order valence-electron chi connectivity index (χ1n) is 5.62. The first kappa shape index (κ1) is 9.82. The molecular formula is C13H20O. The summed E-state index contributed by atoms with van der Waals surface area (Å²) in [6.07, 6.45) is 9.65. The molecule has 1 fully saturated rings. The molecule has 2 aliphatic rings. The maximum Gasteiger partial charge on any atom is 0.114 e. The van der Waals surface area contributed by atoms with Crippen molar-refractivity contribution in [1.29, 1.82) is 0 Å². The van der Waals surface area contributed by atoms with E-state index in [0.29, 0.717) is 5.41 Å². The largest absolute Gasteiger partial charge is 0.497 e. The van der Waals surface area contributed by atoms with E-state index in [9.17, 15) is 0 Å². The number of methoxy groups -OCH3 is 1. The number of hydrogen-bond acceptors (Lipinski definition) is 1. The molecular weight excluding hydrogens is 172 g/mol. The lowest BCUT2D eigenvalue weighted by molar-refractivity contribution is 0.191. The van der Waals surface area contributed by atoms with Gasteiger partial charge in [0.25, 0.3) is 0 Å². The maximum atomic E-state index is 5.31. The van der Waals surface area contributed by atoms with Gasteiger partial charge in [0.1, 0.15) is 5.76 Å². The summed E-state index contributed by atoms with van der Waals surface area (Å²) in [5.74, 6) is 1.88. The van der Waals surface area contributed by atoms with E-state index in [4.69, 9.17) is 4.74 Å². The summed E-state index contributed by atoms with van der Waals surface area (Å²) in [7, 11) is 1.76. The molecule has 0 radical (unpaired) electrons. The van der Waals surface area contributed by atoms with Gasteiger partial charge in [0.05, 0.1) is 7.11 Å². The van der Waals surface area contributed by atoms with E-state index in [2.05, 4.69) is 26.0 Å². The number of allylic oxidation sites excluding steroid dienone is 3. The van der Waals surface area contributed by atoms with Gasteiger partial charge in [-0.25, -0.2) is 0 Å². The van der Waals surface area contributed by atoms with Crippen molar-refractivity contribution in [3.8, 4) is 0 Å². The average molecular weight is 192 g/mol. The standard InChI is InChI=1S/C13H20O/c1-10-5-4-6-11-9-12(14-3)7-8-13(10,11)2/h7,9-10H,4-6,8H2,1-3H3. The lowest BCUT2D eigenvalue weighted by Crippen LogP contribution is -2.32. The third kappa shape index (κ3) is 1.39. The van der Waals surface area contributed by atoms with Crippen LogP contribution in [0.3, 0.4) is 0 Å². The highest BCUT2D eigenvalue weighted by molar-refractivity contribution is 5.31. The highest BCUT2D eigenvalue weighted by Gasteiger charge is 2.38. The fourth-order valence-corrected chi connectivity index (χ4v) is 2.77. The zero-order valence-electron chi connectivity index (χ0n) is 9.47. The average Bonchev–Trinajstić information content (AvgIpc) is 2.19. The Balaban J connectivity index is 2.28. The molecule has 0 aliphatic heterocycles. The highest BCUT2D eigenvalue weighted by Crippen LogP contribution is 2.49. The highest BCUT2D eigenvalue weighted by atomic mass is 16.5. The summed E-state index contributed by atoms with van der Waals surface area (Å²) < 4.78 is 5.31. The van der Waals surface area contributed by atoms with Crippen LogP contribution in [0.25, 0.3) is 0 Å². The normalized spacial score (nSPS) is 36.9. The summed E-state index contributed by atoms with van der Waals surface area (Å²) in [6.45, 7) is 4.80. The summed E-state index contributed by atoms with van der Waals surface area (Å²) in [6, 6.07) is 0. The minimum Gasteiger partial charge on any atom is -0.497 e. The van der Waals surface area contributed by atoms with Crippen molar-refractivity contribution in [2.45, 2.75) is 39.5 Å². The van der Waals surface area contributed by atoms with Gasteiger partial charge in [0.15, 0.2) is 0 Å². The van der Waals surface area contributed by atoms with Crippen molar-refractivity contribution in [2.24, 2.45) is 11.3 Å². The Bertz CT molecular complexity index is 288. The van der Waals surface area contributed by atoms with Crippen molar-refractivity contribution in [2.75, 3.05) is 7.11 Å². The molecule has 1 heteroatoms. The number of rotatable bonds is 1. The fourth-order valence-electron chi connectivity index (χ4n) is 2.77. The summed E-state index contributed by atoms with van der Waals surface area (Å²) >= 11 is 0. The number of hydrogen-bond donors (Lipinski definition) is 0. The zero-order chi connectivity index (χ0) is 10.2. The molecule has 2 atom stereocenters. The fraction of sp³-hybridized carbons (Fsp3) is 0.692. The van der Waals surface area contributed by atoms with E-state index in [-0.39, 0.29) is 0 Å². The minimum atomic E-state index is 0.417. The van der Waals surface area contributed by atoms with E-state index >= 15 is 0 Å². The van der Waals surface area contributed by atoms with Crippen LogP contribution in [0.2, 0.25) is 0 Å².